The van der Waals surface area contributed by atoms with E-state index in [-0.39, 0.29) is 35.6 Å². The Bertz CT molecular complexity index is 2300. The van der Waals surface area contributed by atoms with Crippen LogP contribution in [0.2, 0.25) is 10.0 Å². The van der Waals surface area contributed by atoms with E-state index in [1.165, 1.54) is 58.5 Å². The maximum atomic E-state index is 6.93. The third-order valence-electron chi connectivity index (χ3n) is 10.7. The molecule has 0 N–H and O–H groups in total. The summed E-state index contributed by atoms with van der Waals surface area (Å²) in [6.45, 7) is 14.0. The summed E-state index contributed by atoms with van der Waals surface area (Å²) in [6, 6.07) is 41.0. The second kappa shape index (κ2) is 14.8. The van der Waals surface area contributed by atoms with E-state index in [1.807, 2.05) is 12.1 Å². The van der Waals surface area contributed by atoms with Gasteiger partial charge in [0.2, 0.25) is 0 Å². The van der Waals surface area contributed by atoms with E-state index in [2.05, 4.69) is 157 Å². The van der Waals surface area contributed by atoms with Gasteiger partial charge in [-0.1, -0.05) is 0 Å². The zero-order chi connectivity index (χ0) is 34.9. The van der Waals surface area contributed by atoms with Gasteiger partial charge >= 0.3 is 317 Å². The Hall–Kier alpha value is -2.77. The molecule has 0 radical (unpaired) electrons. The molecule has 0 saturated carbocycles. The standard InChI is InChI=1S/C21H12Cl2.C21H25.C5H5.2ClH.Zr/c22-20-11-3-7-16-14(5-1-9-18(16)20)13-15-6-2-10-19-17(15)8-4-12-21(19)23;1-20(2,3)16-9-7-14-11-15-8-10-17(21(4,5)6)13-19(15)18(14)12-16;1-2-4-5-3-1;;;/h1-12H;7-13H,1-6H3;1-3H,4H2;2*1H;/q;;;;;+2/p-2. The van der Waals surface area contributed by atoms with Crippen LogP contribution in [-0.4, -0.2) is 3.21 Å². The molecule has 0 amide bonds. The van der Waals surface area contributed by atoms with Crippen LogP contribution >= 0.6 is 23.2 Å². The van der Waals surface area contributed by atoms with E-state index in [0.717, 1.165) is 27.2 Å². The van der Waals surface area contributed by atoms with Crippen LogP contribution in [0.25, 0.3) is 32.7 Å². The Labute approximate surface area is 338 Å². The first-order valence-corrected chi connectivity index (χ1v) is 22.3. The summed E-state index contributed by atoms with van der Waals surface area (Å²) < 4.78 is 3.42. The molecule has 6 aromatic carbocycles. The van der Waals surface area contributed by atoms with E-state index in [9.17, 15) is 0 Å². The molecule has 262 valence electrons. The van der Waals surface area contributed by atoms with E-state index < -0.39 is 21.3 Å². The number of hydrogen-bond acceptors (Lipinski definition) is 0. The van der Waals surface area contributed by atoms with Gasteiger partial charge in [0.15, 0.2) is 0 Å². The van der Waals surface area contributed by atoms with E-state index >= 15 is 0 Å². The van der Waals surface area contributed by atoms with Gasteiger partial charge in [0, 0.05) is 0 Å². The van der Waals surface area contributed by atoms with Gasteiger partial charge < -0.3 is 24.8 Å². The van der Waals surface area contributed by atoms with Gasteiger partial charge in [-0.25, -0.2) is 0 Å². The third kappa shape index (κ3) is 6.76. The van der Waals surface area contributed by atoms with Gasteiger partial charge in [0.05, 0.1) is 0 Å². The maximum absolute atomic E-state index is 6.93. The fraction of sp³-hybridized carbons (Fsp3) is 0.213. The Morgan fingerprint density at radius 2 is 1.02 bits per heavy atom. The second-order valence-electron chi connectivity index (χ2n) is 15.9. The van der Waals surface area contributed by atoms with E-state index in [4.69, 9.17) is 23.2 Å². The summed E-state index contributed by atoms with van der Waals surface area (Å²) in [5.74, 6) is 0. The monoisotopic (exact) mass is 836 g/mol. The Morgan fingerprint density at radius 3 is 1.44 bits per heavy atom. The molecule has 0 atom stereocenters. The molecule has 0 heterocycles. The number of benzene rings is 6. The summed E-state index contributed by atoms with van der Waals surface area (Å²) in [6.07, 6.45) is 8.09. The summed E-state index contributed by atoms with van der Waals surface area (Å²) in [5, 5.41) is 6.20. The van der Waals surface area contributed by atoms with Crippen molar-refractivity contribution in [2.24, 2.45) is 0 Å². The molecule has 0 nitrogen and oxygen atoms in total. The van der Waals surface area contributed by atoms with Crippen molar-refractivity contribution in [2.45, 2.75) is 62.4 Å². The number of hydrogen-bond donors (Lipinski definition) is 0. The first-order chi connectivity index (χ1) is 23.9. The molecule has 0 aliphatic heterocycles. The molecule has 0 saturated heterocycles. The van der Waals surface area contributed by atoms with Crippen molar-refractivity contribution in [1.82, 2.24) is 0 Å². The van der Waals surface area contributed by atoms with Crippen molar-refractivity contribution in [1.29, 1.82) is 0 Å². The SMILES string of the molecule is CC(C)(C)c1ccc2c(c1)-c1cc(C(C)(C)C)ccc1[CH]2[Zr+2]([C]1=CC=CC1)=[C](c1cccc2c(Cl)cccc12)c1cccc2c(Cl)cccc12.[Cl-].[Cl-]. The van der Waals surface area contributed by atoms with E-state index in [1.54, 1.807) is 3.28 Å². The molecule has 2 aliphatic rings. The van der Waals surface area contributed by atoms with Crippen LogP contribution < -0.4 is 24.8 Å². The molecule has 0 bridgehead atoms. The average molecular weight is 840 g/mol. The topological polar surface area (TPSA) is 0 Å². The average Bonchev–Trinajstić information content (AvgIpc) is 3.73. The Balaban J connectivity index is 0.00000232. The summed E-state index contributed by atoms with van der Waals surface area (Å²) in [4.78, 5) is 0. The van der Waals surface area contributed by atoms with Crippen LogP contribution in [0.5, 0.6) is 0 Å². The van der Waals surface area contributed by atoms with Crippen LogP contribution in [0.1, 0.15) is 85.0 Å². The van der Waals surface area contributed by atoms with Gasteiger partial charge in [-0.3, -0.25) is 0 Å². The molecule has 0 aromatic heterocycles. The van der Waals surface area contributed by atoms with Crippen molar-refractivity contribution in [3.63, 3.8) is 0 Å². The van der Waals surface area contributed by atoms with Crippen LogP contribution in [-0.2, 0) is 32.1 Å². The predicted octanol–water partition coefficient (Wildman–Crippen LogP) is 7.70. The first-order valence-electron chi connectivity index (χ1n) is 17.7. The zero-order valence-electron chi connectivity index (χ0n) is 30.4. The molecular weight excluding hydrogens is 798 g/mol. The van der Waals surface area contributed by atoms with Gasteiger partial charge in [-0.2, -0.15) is 0 Å². The summed E-state index contributed by atoms with van der Waals surface area (Å²) in [7, 11) is 0. The van der Waals surface area contributed by atoms with Crippen LogP contribution in [0.4, 0.5) is 0 Å². The maximum Gasteiger partial charge on any atom is -1.00 e. The molecule has 5 heteroatoms. The molecule has 0 unspecified atom stereocenters. The molecule has 52 heavy (non-hydrogen) atoms. The van der Waals surface area contributed by atoms with Crippen molar-refractivity contribution in [2.75, 3.05) is 0 Å². The summed E-state index contributed by atoms with van der Waals surface area (Å²) in [5.41, 5.74) is 11.3. The molecule has 8 rings (SSSR count). The van der Waals surface area contributed by atoms with Crippen molar-refractivity contribution >= 4 is 48.0 Å². The van der Waals surface area contributed by atoms with E-state index in [0.29, 0.717) is 3.63 Å². The Kier molecular flexibility index (Phi) is 11.1. The number of rotatable bonds is 4. The van der Waals surface area contributed by atoms with Gasteiger partial charge in [-0.15, -0.1) is 0 Å². The molecule has 0 spiro atoms. The third-order valence-corrected chi connectivity index (χ3v) is 19.6. The van der Waals surface area contributed by atoms with Gasteiger partial charge in [0.1, 0.15) is 0 Å². The minimum Gasteiger partial charge on any atom is -1.00 e. The largest absolute Gasteiger partial charge is 1.00 e. The van der Waals surface area contributed by atoms with Gasteiger partial charge in [0.25, 0.3) is 0 Å². The molecule has 6 aromatic rings. The fourth-order valence-electron chi connectivity index (χ4n) is 8.05. The predicted molar refractivity (Wildman–Crippen MR) is 214 cm³/mol. The molecule has 2 aliphatic carbocycles. The van der Waals surface area contributed by atoms with Crippen LogP contribution in [0.15, 0.2) is 131 Å². The molecular formula is C47H42Cl4Zr. The Morgan fingerprint density at radius 1 is 0.577 bits per heavy atom. The van der Waals surface area contributed by atoms with Crippen molar-refractivity contribution < 1.29 is 46.1 Å². The fourth-order valence-corrected chi connectivity index (χ4v) is 17.7. The van der Waals surface area contributed by atoms with Crippen LogP contribution in [0.3, 0.4) is 0 Å². The van der Waals surface area contributed by atoms with Gasteiger partial charge in [-0.05, 0) is 0 Å². The quantitative estimate of drug-likeness (QED) is 0.171. The zero-order valence-corrected chi connectivity index (χ0v) is 35.9. The van der Waals surface area contributed by atoms with Crippen molar-refractivity contribution in [3.05, 3.63) is 174 Å². The first kappa shape index (κ1) is 38.9. The number of fused-ring (bicyclic) bond motifs is 5. The second-order valence-corrected chi connectivity index (χ2v) is 23.0. The van der Waals surface area contributed by atoms with Crippen LogP contribution in [0, 0.1) is 0 Å². The number of halogens is 4. The smallest absolute Gasteiger partial charge is 1.00 e. The normalized spacial score (nSPS) is 13.6. The molecule has 0 fully saturated rings. The van der Waals surface area contributed by atoms with Crippen molar-refractivity contribution in [3.8, 4) is 11.1 Å². The number of allylic oxidation sites excluding steroid dienone is 4. The summed E-state index contributed by atoms with van der Waals surface area (Å²) >= 11 is 10.9. The minimum absolute atomic E-state index is 0. The minimum atomic E-state index is -3.01.